The topological polar surface area (TPSA) is 138 Å². The van der Waals surface area contributed by atoms with Gasteiger partial charge in [-0.1, -0.05) is 0 Å². The zero-order chi connectivity index (χ0) is 17.9. The highest BCUT2D eigenvalue weighted by Gasteiger charge is 2.23. The highest BCUT2D eigenvalue weighted by molar-refractivity contribution is 5.89. The van der Waals surface area contributed by atoms with Gasteiger partial charge in [0.05, 0.1) is 27.6 Å². The molecule has 0 rings (SSSR count). The zero-order valence-corrected chi connectivity index (χ0v) is 13.0. The number of quaternary nitrogens is 1. The third kappa shape index (κ3) is 19.9. The molecular weight excluding hydrogens is 298 g/mol. The SMILES string of the molecule is CC(=O)O[C@H](CC(=O)O)C[N+](C)(C)C.O=C(O)/C=C\C(=O)O. The number of ether oxygens (including phenoxy) is 1. The Morgan fingerprint density at radius 3 is 1.64 bits per heavy atom. The van der Waals surface area contributed by atoms with Gasteiger partial charge in [-0.15, -0.1) is 0 Å². The van der Waals surface area contributed by atoms with Crippen molar-refractivity contribution in [2.45, 2.75) is 19.4 Å². The van der Waals surface area contributed by atoms with Gasteiger partial charge >= 0.3 is 23.9 Å². The molecule has 0 saturated heterocycles. The molecule has 0 bridgehead atoms. The Morgan fingerprint density at radius 2 is 1.41 bits per heavy atom. The summed E-state index contributed by atoms with van der Waals surface area (Å²) in [6, 6.07) is 0. The van der Waals surface area contributed by atoms with Crippen LogP contribution in [0, 0.1) is 0 Å². The predicted octanol–water partition coefficient (Wildman–Crippen LogP) is -0.189. The Hall–Kier alpha value is -2.42. The Morgan fingerprint density at radius 1 is 1.00 bits per heavy atom. The zero-order valence-electron chi connectivity index (χ0n) is 13.0. The van der Waals surface area contributed by atoms with Crippen molar-refractivity contribution in [3.8, 4) is 0 Å². The number of nitrogens with zero attached hydrogens (tertiary/aromatic N) is 1. The van der Waals surface area contributed by atoms with Gasteiger partial charge in [0.15, 0.2) is 6.10 Å². The smallest absolute Gasteiger partial charge is 0.328 e. The minimum Gasteiger partial charge on any atom is -0.481 e. The molecule has 0 aliphatic heterocycles. The number of carboxylic acids is 3. The van der Waals surface area contributed by atoms with Crippen molar-refractivity contribution in [1.29, 1.82) is 0 Å². The van der Waals surface area contributed by atoms with Crippen LogP contribution in [0.2, 0.25) is 0 Å². The van der Waals surface area contributed by atoms with Crippen LogP contribution in [0.4, 0.5) is 0 Å². The van der Waals surface area contributed by atoms with Crippen LogP contribution in [0.3, 0.4) is 0 Å². The van der Waals surface area contributed by atoms with E-state index in [9.17, 15) is 19.2 Å². The Labute approximate surface area is 128 Å². The molecule has 0 unspecified atom stereocenters. The van der Waals surface area contributed by atoms with Gasteiger partial charge in [0, 0.05) is 19.1 Å². The lowest BCUT2D eigenvalue weighted by molar-refractivity contribution is -0.873. The van der Waals surface area contributed by atoms with Crippen molar-refractivity contribution in [2.24, 2.45) is 0 Å². The van der Waals surface area contributed by atoms with Crippen molar-refractivity contribution in [3.05, 3.63) is 12.2 Å². The van der Waals surface area contributed by atoms with E-state index >= 15 is 0 Å². The van der Waals surface area contributed by atoms with E-state index in [1.54, 1.807) is 0 Å². The number of rotatable bonds is 7. The number of hydrogen-bond donors (Lipinski definition) is 3. The normalized spacial score (nSPS) is 12.0. The van der Waals surface area contributed by atoms with E-state index in [1.165, 1.54) is 6.92 Å². The summed E-state index contributed by atoms with van der Waals surface area (Å²) in [6.45, 7) is 1.77. The second-order valence-electron chi connectivity index (χ2n) is 5.31. The van der Waals surface area contributed by atoms with Gasteiger partial charge in [-0.3, -0.25) is 9.59 Å². The first-order chi connectivity index (χ1) is 9.83. The fourth-order valence-electron chi connectivity index (χ4n) is 1.33. The van der Waals surface area contributed by atoms with E-state index in [0.29, 0.717) is 23.2 Å². The van der Waals surface area contributed by atoms with Crippen molar-refractivity contribution < 1.29 is 43.7 Å². The largest absolute Gasteiger partial charge is 0.481 e. The number of carbonyl (C=O) groups is 4. The Bertz CT molecular complexity index is 404. The Kier molecular flexibility index (Phi) is 10.3. The summed E-state index contributed by atoms with van der Waals surface area (Å²) in [5.74, 6) is -3.91. The van der Waals surface area contributed by atoms with E-state index < -0.39 is 30.0 Å². The molecule has 3 N–H and O–H groups in total. The summed E-state index contributed by atoms with van der Waals surface area (Å²) >= 11 is 0. The fourth-order valence-corrected chi connectivity index (χ4v) is 1.33. The summed E-state index contributed by atoms with van der Waals surface area (Å²) in [4.78, 5) is 40.3. The molecule has 9 heteroatoms. The highest BCUT2D eigenvalue weighted by Crippen LogP contribution is 2.04. The van der Waals surface area contributed by atoms with Crippen LogP contribution in [0.5, 0.6) is 0 Å². The molecule has 9 nitrogen and oxygen atoms in total. The average Bonchev–Trinajstić information content (AvgIpc) is 2.22. The summed E-state index contributed by atoms with van der Waals surface area (Å²) in [7, 11) is 5.75. The van der Waals surface area contributed by atoms with Crippen LogP contribution in [-0.4, -0.2) is 77.5 Å². The highest BCUT2D eigenvalue weighted by atomic mass is 16.5. The lowest BCUT2D eigenvalue weighted by atomic mass is 10.2. The van der Waals surface area contributed by atoms with Crippen molar-refractivity contribution in [2.75, 3.05) is 27.7 Å². The number of aliphatic carboxylic acids is 3. The van der Waals surface area contributed by atoms with Gasteiger partial charge in [-0.25, -0.2) is 9.59 Å². The number of carbonyl (C=O) groups excluding carboxylic acids is 1. The van der Waals surface area contributed by atoms with Gasteiger partial charge in [-0.05, 0) is 0 Å². The maximum Gasteiger partial charge on any atom is 0.328 e. The number of likely N-dealkylation sites (N-methyl/N-ethyl adjacent to an activating group) is 1. The van der Waals surface area contributed by atoms with Gasteiger partial charge in [0.1, 0.15) is 6.54 Å². The summed E-state index contributed by atoms with van der Waals surface area (Å²) in [5, 5.41) is 24.2. The van der Waals surface area contributed by atoms with E-state index in [1.807, 2.05) is 21.1 Å². The minimum absolute atomic E-state index is 0.144. The van der Waals surface area contributed by atoms with Crippen molar-refractivity contribution in [3.63, 3.8) is 0 Å². The van der Waals surface area contributed by atoms with Crippen molar-refractivity contribution >= 4 is 23.9 Å². The molecule has 0 radical (unpaired) electrons. The van der Waals surface area contributed by atoms with Crippen LogP contribution in [0.15, 0.2) is 12.2 Å². The third-order valence-corrected chi connectivity index (χ3v) is 1.85. The monoisotopic (exact) mass is 320 g/mol. The minimum atomic E-state index is -1.26. The molecular formula is C13H22NO8+. The van der Waals surface area contributed by atoms with Crippen LogP contribution in [0.25, 0.3) is 0 Å². The molecule has 1 atom stereocenters. The molecule has 0 aliphatic carbocycles. The first kappa shape index (κ1) is 21.9. The third-order valence-electron chi connectivity index (χ3n) is 1.85. The van der Waals surface area contributed by atoms with E-state index in [-0.39, 0.29) is 6.42 Å². The molecule has 0 spiro atoms. The van der Waals surface area contributed by atoms with Gasteiger partial charge in [0.25, 0.3) is 0 Å². The fraction of sp³-hybridized carbons (Fsp3) is 0.538. The van der Waals surface area contributed by atoms with Crippen LogP contribution < -0.4 is 0 Å². The summed E-state index contributed by atoms with van der Waals surface area (Å²) in [6.07, 6.45) is 0.421. The van der Waals surface area contributed by atoms with E-state index in [0.717, 1.165) is 0 Å². The lowest BCUT2D eigenvalue weighted by Gasteiger charge is -2.28. The van der Waals surface area contributed by atoms with Gasteiger partial charge in [0.2, 0.25) is 0 Å². The molecule has 0 amide bonds. The van der Waals surface area contributed by atoms with E-state index in [2.05, 4.69) is 0 Å². The molecule has 0 saturated carbocycles. The van der Waals surface area contributed by atoms with Crippen LogP contribution in [-0.2, 0) is 23.9 Å². The van der Waals surface area contributed by atoms with Crippen LogP contribution in [0.1, 0.15) is 13.3 Å². The standard InChI is InChI=1S/C9H17NO4.C4H4O4/c1-7(11)14-8(5-9(12)13)6-10(2,3)4;5-3(6)1-2-4(7)8/h8H,5-6H2,1-4H3;1-2H,(H,5,6)(H,7,8)/p+1/b;2-1-/t8-;/m1./s1. The molecule has 22 heavy (non-hydrogen) atoms. The van der Waals surface area contributed by atoms with Gasteiger partial charge < -0.3 is 24.5 Å². The number of hydrogen-bond acceptors (Lipinski definition) is 5. The maximum absolute atomic E-state index is 10.7. The lowest BCUT2D eigenvalue weighted by Crippen LogP contribution is -2.43. The van der Waals surface area contributed by atoms with Crippen molar-refractivity contribution in [1.82, 2.24) is 0 Å². The maximum atomic E-state index is 10.7. The first-order valence-corrected chi connectivity index (χ1v) is 6.17. The molecule has 0 aliphatic rings. The molecule has 0 heterocycles. The first-order valence-electron chi connectivity index (χ1n) is 6.17. The molecule has 126 valence electrons. The number of carboxylic acid groups (broad SMARTS) is 3. The van der Waals surface area contributed by atoms with Crippen LogP contribution >= 0.6 is 0 Å². The van der Waals surface area contributed by atoms with E-state index in [4.69, 9.17) is 20.1 Å². The second kappa shape index (κ2) is 10.3. The molecule has 0 fully saturated rings. The van der Waals surface area contributed by atoms with Gasteiger partial charge in [-0.2, -0.15) is 0 Å². The molecule has 0 aromatic heterocycles. The Balaban J connectivity index is 0. The molecule has 0 aromatic carbocycles. The predicted molar refractivity (Wildman–Crippen MR) is 75.1 cm³/mol. The second-order valence-corrected chi connectivity index (χ2v) is 5.31. The summed E-state index contributed by atoms with van der Waals surface area (Å²) in [5.41, 5.74) is 0. The molecule has 0 aromatic rings. The average molecular weight is 320 g/mol. The summed E-state index contributed by atoms with van der Waals surface area (Å²) < 4.78 is 5.46. The number of esters is 1. The quantitative estimate of drug-likeness (QED) is 0.333.